The van der Waals surface area contributed by atoms with E-state index in [0.29, 0.717) is 29.3 Å². The van der Waals surface area contributed by atoms with E-state index in [9.17, 15) is 4.39 Å². The van der Waals surface area contributed by atoms with Crippen molar-refractivity contribution in [3.05, 3.63) is 78.8 Å². The molecule has 118 valence electrons. The van der Waals surface area contributed by atoms with Crippen LogP contribution >= 0.6 is 0 Å². The molecule has 5 nitrogen and oxygen atoms in total. The van der Waals surface area contributed by atoms with Crippen LogP contribution in [0.25, 0.3) is 16.9 Å². The lowest BCUT2D eigenvalue weighted by Gasteiger charge is -2.10. The number of benzene rings is 1. The maximum Gasteiger partial charge on any atom is 0.180 e. The summed E-state index contributed by atoms with van der Waals surface area (Å²) in [6, 6.07) is 12.3. The predicted octanol–water partition coefficient (Wildman–Crippen LogP) is 3.54. The van der Waals surface area contributed by atoms with E-state index < -0.39 is 0 Å². The monoisotopic (exact) mass is 319 g/mol. The van der Waals surface area contributed by atoms with Gasteiger partial charge in [0.15, 0.2) is 11.5 Å². The van der Waals surface area contributed by atoms with Crippen LogP contribution in [0.5, 0.6) is 0 Å². The van der Waals surface area contributed by atoms with Crippen LogP contribution < -0.4 is 5.32 Å². The molecule has 4 rings (SSSR count). The summed E-state index contributed by atoms with van der Waals surface area (Å²) < 4.78 is 15.9. The smallest absolute Gasteiger partial charge is 0.180 e. The van der Waals surface area contributed by atoms with Crippen molar-refractivity contribution in [1.29, 1.82) is 0 Å². The summed E-state index contributed by atoms with van der Waals surface area (Å²) >= 11 is 0. The average molecular weight is 319 g/mol. The molecule has 0 bridgehead atoms. The van der Waals surface area contributed by atoms with Crippen molar-refractivity contribution in [3.8, 4) is 11.3 Å². The van der Waals surface area contributed by atoms with E-state index in [1.165, 1.54) is 6.07 Å². The Bertz CT molecular complexity index is 981. The Hall–Kier alpha value is -3.28. The molecule has 3 heterocycles. The van der Waals surface area contributed by atoms with Crippen LogP contribution in [-0.2, 0) is 6.54 Å². The summed E-state index contributed by atoms with van der Waals surface area (Å²) in [6.45, 7) is 0.511. The molecule has 4 aromatic rings. The van der Waals surface area contributed by atoms with E-state index >= 15 is 0 Å². The Morgan fingerprint density at radius 1 is 1.00 bits per heavy atom. The number of halogens is 1. The normalized spacial score (nSPS) is 10.9. The highest BCUT2D eigenvalue weighted by Gasteiger charge is 2.11. The van der Waals surface area contributed by atoms with Gasteiger partial charge in [0.05, 0.1) is 17.9 Å². The fourth-order valence-corrected chi connectivity index (χ4v) is 2.53. The van der Waals surface area contributed by atoms with Gasteiger partial charge in [-0.05, 0) is 24.3 Å². The maximum atomic E-state index is 14.1. The first-order valence-corrected chi connectivity index (χ1v) is 7.53. The quantitative estimate of drug-likeness (QED) is 0.625. The van der Waals surface area contributed by atoms with Gasteiger partial charge in [-0.3, -0.25) is 4.98 Å². The van der Waals surface area contributed by atoms with Crippen molar-refractivity contribution in [2.24, 2.45) is 0 Å². The van der Waals surface area contributed by atoms with Gasteiger partial charge in [-0.25, -0.2) is 14.4 Å². The Morgan fingerprint density at radius 3 is 2.71 bits per heavy atom. The summed E-state index contributed by atoms with van der Waals surface area (Å²) in [5, 5.41) is 3.24. The Morgan fingerprint density at radius 2 is 1.88 bits per heavy atom. The minimum Gasteiger partial charge on any atom is -0.361 e. The lowest BCUT2D eigenvalue weighted by molar-refractivity contribution is 0.630. The molecule has 0 fully saturated rings. The highest BCUT2D eigenvalue weighted by Crippen LogP contribution is 2.24. The maximum absolute atomic E-state index is 14.1. The van der Waals surface area contributed by atoms with Crippen molar-refractivity contribution in [3.63, 3.8) is 0 Å². The molecule has 0 saturated carbocycles. The molecule has 0 saturated heterocycles. The molecular formula is C18H14FN5. The number of nitrogens with zero attached hydrogens (tertiary/aromatic N) is 4. The van der Waals surface area contributed by atoms with Crippen molar-refractivity contribution in [2.75, 3.05) is 5.32 Å². The summed E-state index contributed by atoms with van der Waals surface area (Å²) in [6.07, 6.45) is 7.01. The first kappa shape index (κ1) is 14.3. The van der Waals surface area contributed by atoms with Gasteiger partial charge in [0, 0.05) is 30.4 Å². The van der Waals surface area contributed by atoms with Crippen LogP contribution in [0.4, 0.5) is 10.2 Å². The summed E-state index contributed by atoms with van der Waals surface area (Å²) in [4.78, 5) is 13.1. The summed E-state index contributed by atoms with van der Waals surface area (Å²) in [5.74, 6) is 0.284. The van der Waals surface area contributed by atoms with E-state index in [0.717, 1.165) is 5.69 Å². The molecule has 6 heteroatoms. The SMILES string of the molecule is Fc1ccccc1-c1cn2ccnc2c(NCc2ccccn2)n1. The number of fused-ring (bicyclic) bond motifs is 1. The van der Waals surface area contributed by atoms with Crippen molar-refractivity contribution >= 4 is 11.5 Å². The number of nitrogens with one attached hydrogen (secondary N) is 1. The number of pyridine rings is 1. The van der Waals surface area contributed by atoms with E-state index in [1.54, 1.807) is 36.8 Å². The number of rotatable bonds is 4. The third-order valence-electron chi connectivity index (χ3n) is 3.69. The molecular weight excluding hydrogens is 305 g/mol. The molecule has 3 aromatic heterocycles. The molecule has 1 aromatic carbocycles. The Balaban J connectivity index is 1.74. The zero-order chi connectivity index (χ0) is 16.4. The standard InChI is InChI=1S/C18H14FN5/c19-15-7-2-1-6-14(15)16-12-24-10-9-21-18(24)17(23-16)22-11-13-5-3-4-8-20-13/h1-10,12H,11H2,(H,22,23). The zero-order valence-electron chi connectivity index (χ0n) is 12.7. The van der Waals surface area contributed by atoms with Crippen molar-refractivity contribution in [1.82, 2.24) is 19.4 Å². The fraction of sp³-hybridized carbons (Fsp3) is 0.0556. The molecule has 0 unspecified atom stereocenters. The van der Waals surface area contributed by atoms with Crippen molar-refractivity contribution in [2.45, 2.75) is 6.54 Å². The molecule has 0 aliphatic carbocycles. The molecule has 0 aliphatic rings. The van der Waals surface area contributed by atoms with Crippen LogP contribution in [-0.4, -0.2) is 19.4 Å². The first-order chi connectivity index (χ1) is 11.8. The number of anilines is 1. The molecule has 0 spiro atoms. The largest absolute Gasteiger partial charge is 0.361 e. The molecule has 1 N–H and O–H groups in total. The summed E-state index contributed by atoms with van der Waals surface area (Å²) in [5.41, 5.74) is 2.57. The van der Waals surface area contributed by atoms with Crippen LogP contribution in [0.1, 0.15) is 5.69 Å². The van der Waals surface area contributed by atoms with Crippen LogP contribution in [0, 0.1) is 5.82 Å². The Kier molecular flexibility index (Phi) is 3.63. The van der Waals surface area contributed by atoms with Gasteiger partial charge < -0.3 is 9.72 Å². The molecule has 0 atom stereocenters. The van der Waals surface area contributed by atoms with E-state index in [2.05, 4.69) is 20.3 Å². The number of hydrogen-bond acceptors (Lipinski definition) is 4. The van der Waals surface area contributed by atoms with Gasteiger partial charge in [-0.15, -0.1) is 0 Å². The molecule has 0 radical (unpaired) electrons. The van der Waals surface area contributed by atoms with Crippen LogP contribution in [0.3, 0.4) is 0 Å². The van der Waals surface area contributed by atoms with Gasteiger partial charge in [0.25, 0.3) is 0 Å². The second-order valence-electron chi connectivity index (χ2n) is 5.29. The molecule has 0 amide bonds. The van der Waals surface area contributed by atoms with Gasteiger partial charge in [0.2, 0.25) is 0 Å². The van der Waals surface area contributed by atoms with Gasteiger partial charge in [-0.2, -0.15) is 0 Å². The third kappa shape index (κ3) is 2.69. The van der Waals surface area contributed by atoms with Gasteiger partial charge >= 0.3 is 0 Å². The Labute approximate surface area is 137 Å². The fourth-order valence-electron chi connectivity index (χ4n) is 2.53. The minimum absolute atomic E-state index is 0.305. The lowest BCUT2D eigenvalue weighted by Crippen LogP contribution is -2.06. The number of imidazole rings is 1. The van der Waals surface area contributed by atoms with Gasteiger partial charge in [-0.1, -0.05) is 18.2 Å². The van der Waals surface area contributed by atoms with Crippen molar-refractivity contribution < 1.29 is 4.39 Å². The zero-order valence-corrected chi connectivity index (χ0v) is 12.7. The topological polar surface area (TPSA) is 55.1 Å². The minimum atomic E-state index is -0.305. The highest BCUT2D eigenvalue weighted by atomic mass is 19.1. The van der Waals surface area contributed by atoms with E-state index in [1.807, 2.05) is 28.8 Å². The second kappa shape index (κ2) is 6.08. The van der Waals surface area contributed by atoms with Crippen LogP contribution in [0.2, 0.25) is 0 Å². The first-order valence-electron chi connectivity index (χ1n) is 7.53. The van der Waals surface area contributed by atoms with E-state index in [4.69, 9.17) is 0 Å². The van der Waals surface area contributed by atoms with Gasteiger partial charge in [0.1, 0.15) is 5.82 Å². The number of hydrogen-bond donors (Lipinski definition) is 1. The average Bonchev–Trinajstić information content (AvgIpc) is 3.09. The molecule has 24 heavy (non-hydrogen) atoms. The lowest BCUT2D eigenvalue weighted by atomic mass is 10.1. The van der Waals surface area contributed by atoms with E-state index in [-0.39, 0.29) is 5.82 Å². The summed E-state index contributed by atoms with van der Waals surface area (Å²) in [7, 11) is 0. The highest BCUT2D eigenvalue weighted by molar-refractivity contribution is 5.69. The predicted molar refractivity (Wildman–Crippen MR) is 89.9 cm³/mol. The third-order valence-corrected chi connectivity index (χ3v) is 3.69. The van der Waals surface area contributed by atoms with Crippen LogP contribution in [0.15, 0.2) is 67.3 Å². The second-order valence-corrected chi connectivity index (χ2v) is 5.29. The number of aromatic nitrogens is 4. The molecule has 0 aliphatic heterocycles.